The number of nitrogens with zero attached hydrogens (tertiary/aromatic N) is 5. The van der Waals surface area contributed by atoms with Crippen LogP contribution in [0.3, 0.4) is 0 Å². The first-order valence-corrected chi connectivity index (χ1v) is 10.8. The predicted molar refractivity (Wildman–Crippen MR) is 107 cm³/mol. The fourth-order valence-corrected chi connectivity index (χ4v) is 5.44. The van der Waals surface area contributed by atoms with E-state index in [2.05, 4.69) is 21.9 Å². The zero-order valence-electron chi connectivity index (χ0n) is 17.3. The van der Waals surface area contributed by atoms with Crippen molar-refractivity contribution >= 4 is 11.8 Å². The average molecular weight is 388 g/mol. The molecule has 1 aromatic heterocycles. The van der Waals surface area contributed by atoms with Crippen LogP contribution in [-0.2, 0) is 23.1 Å². The Morgan fingerprint density at radius 1 is 1.11 bits per heavy atom. The van der Waals surface area contributed by atoms with Gasteiger partial charge >= 0.3 is 0 Å². The molecule has 0 aromatic carbocycles. The van der Waals surface area contributed by atoms with Crippen LogP contribution in [-0.4, -0.2) is 82.1 Å². The highest BCUT2D eigenvalue weighted by atomic mass is 16.2. The quantitative estimate of drug-likeness (QED) is 0.781. The third-order valence-electron chi connectivity index (χ3n) is 7.12. The van der Waals surface area contributed by atoms with Crippen molar-refractivity contribution in [2.24, 2.45) is 12.5 Å². The molecule has 154 valence electrons. The number of rotatable bonds is 4. The van der Waals surface area contributed by atoms with Crippen LogP contribution in [0.4, 0.5) is 0 Å². The van der Waals surface area contributed by atoms with Crippen molar-refractivity contribution < 1.29 is 9.59 Å². The number of piperidine rings is 2. The molecule has 4 rings (SSSR count). The summed E-state index contributed by atoms with van der Waals surface area (Å²) in [5.74, 6) is 0.493. The van der Waals surface area contributed by atoms with E-state index in [0.29, 0.717) is 18.7 Å². The zero-order chi connectivity index (χ0) is 19.7. The summed E-state index contributed by atoms with van der Waals surface area (Å²) in [6.45, 7) is 4.29. The summed E-state index contributed by atoms with van der Waals surface area (Å²) in [6.07, 6.45) is 7.89. The molecule has 7 nitrogen and oxygen atoms in total. The Labute approximate surface area is 167 Å². The molecule has 0 unspecified atom stereocenters. The molecule has 4 heterocycles. The van der Waals surface area contributed by atoms with Gasteiger partial charge in [0.2, 0.25) is 11.8 Å². The van der Waals surface area contributed by atoms with Crippen molar-refractivity contribution in [1.29, 1.82) is 0 Å². The Kier molecular flexibility index (Phi) is 5.45. The third kappa shape index (κ3) is 3.45. The smallest absolute Gasteiger partial charge is 0.230 e. The molecule has 0 saturated carbocycles. The average Bonchev–Trinajstić information content (AvgIpc) is 3.37. The number of carbonyl (C=O) groups excluding carboxylic acids is 2. The Morgan fingerprint density at radius 3 is 2.61 bits per heavy atom. The van der Waals surface area contributed by atoms with Gasteiger partial charge in [0.05, 0.1) is 11.5 Å². The Balaban J connectivity index is 1.53. The standard InChI is InChI=1S/C21H33N5O2/c1-23-15-10-21(20(28)25-12-3-4-13-25)9-5-14-26(18(21)16-23)19(27)7-6-17-8-11-22-24(17)2/h8,11,18H,3-7,9-10,12-16H2,1-2H3/t18-,21+/m0/s1. The fourth-order valence-electron chi connectivity index (χ4n) is 5.44. The lowest BCUT2D eigenvalue weighted by atomic mass is 9.67. The maximum Gasteiger partial charge on any atom is 0.230 e. The van der Waals surface area contributed by atoms with Crippen LogP contribution < -0.4 is 0 Å². The minimum absolute atomic E-state index is 0.00661. The molecule has 3 saturated heterocycles. The lowest BCUT2D eigenvalue weighted by Crippen LogP contribution is -2.66. The van der Waals surface area contributed by atoms with E-state index in [1.165, 1.54) is 0 Å². The number of hydrogen-bond donors (Lipinski definition) is 0. The van der Waals surface area contributed by atoms with Crippen LogP contribution in [0.1, 0.15) is 44.2 Å². The van der Waals surface area contributed by atoms with Crippen molar-refractivity contribution in [3.63, 3.8) is 0 Å². The summed E-state index contributed by atoms with van der Waals surface area (Å²) in [4.78, 5) is 33.2. The van der Waals surface area contributed by atoms with E-state index in [9.17, 15) is 9.59 Å². The number of aromatic nitrogens is 2. The third-order valence-corrected chi connectivity index (χ3v) is 7.12. The number of likely N-dealkylation sites (N-methyl/N-ethyl adjacent to an activating group) is 1. The van der Waals surface area contributed by atoms with Crippen molar-refractivity contribution in [1.82, 2.24) is 24.5 Å². The highest BCUT2D eigenvalue weighted by molar-refractivity contribution is 5.86. The van der Waals surface area contributed by atoms with E-state index in [1.54, 1.807) is 6.20 Å². The number of carbonyl (C=O) groups is 2. The monoisotopic (exact) mass is 387 g/mol. The van der Waals surface area contributed by atoms with E-state index >= 15 is 0 Å². The molecule has 0 N–H and O–H groups in total. The van der Waals surface area contributed by atoms with Gasteiger partial charge in [-0.25, -0.2) is 0 Å². The minimum Gasteiger partial charge on any atom is -0.342 e. The maximum atomic E-state index is 13.6. The summed E-state index contributed by atoms with van der Waals surface area (Å²) in [5.41, 5.74) is 0.697. The lowest BCUT2D eigenvalue weighted by Gasteiger charge is -2.54. The molecule has 3 aliphatic rings. The minimum atomic E-state index is -0.378. The number of hydrogen-bond acceptors (Lipinski definition) is 4. The lowest BCUT2D eigenvalue weighted by molar-refractivity contribution is -0.160. The topological polar surface area (TPSA) is 61.7 Å². The highest BCUT2D eigenvalue weighted by Gasteiger charge is 2.54. The van der Waals surface area contributed by atoms with Gasteiger partial charge < -0.3 is 14.7 Å². The van der Waals surface area contributed by atoms with E-state index < -0.39 is 0 Å². The van der Waals surface area contributed by atoms with Gasteiger partial charge in [-0.2, -0.15) is 5.10 Å². The summed E-state index contributed by atoms with van der Waals surface area (Å²) in [7, 11) is 4.02. The molecule has 0 aliphatic carbocycles. The van der Waals surface area contributed by atoms with Crippen LogP contribution in [0.25, 0.3) is 0 Å². The second-order valence-electron chi connectivity index (χ2n) is 8.82. The Morgan fingerprint density at radius 2 is 1.89 bits per heavy atom. The predicted octanol–water partition coefficient (Wildman–Crippen LogP) is 1.29. The van der Waals surface area contributed by atoms with Crippen molar-refractivity contribution in [3.05, 3.63) is 18.0 Å². The summed E-state index contributed by atoms with van der Waals surface area (Å²) >= 11 is 0. The van der Waals surface area contributed by atoms with Gasteiger partial charge in [-0.15, -0.1) is 0 Å². The zero-order valence-corrected chi connectivity index (χ0v) is 17.3. The van der Waals surface area contributed by atoms with Crippen LogP contribution in [0.2, 0.25) is 0 Å². The number of aryl methyl sites for hydroxylation is 2. The number of fused-ring (bicyclic) bond motifs is 1. The molecular formula is C21H33N5O2. The molecule has 28 heavy (non-hydrogen) atoms. The summed E-state index contributed by atoms with van der Waals surface area (Å²) < 4.78 is 1.83. The van der Waals surface area contributed by atoms with Crippen LogP contribution in [0, 0.1) is 5.41 Å². The molecule has 0 bridgehead atoms. The molecule has 3 aliphatic heterocycles. The SMILES string of the molecule is CN1CC[C@]2(C(=O)N3CCCC3)CCCN(C(=O)CCc3ccnn3C)[C@H]2C1. The second kappa shape index (κ2) is 7.85. The Bertz CT molecular complexity index is 726. The molecule has 1 aromatic rings. The molecule has 2 amide bonds. The van der Waals surface area contributed by atoms with Gasteiger partial charge in [-0.3, -0.25) is 14.3 Å². The van der Waals surface area contributed by atoms with Gasteiger partial charge in [0.1, 0.15) is 0 Å². The first-order chi connectivity index (χ1) is 13.5. The highest BCUT2D eigenvalue weighted by Crippen LogP contribution is 2.44. The molecule has 3 fully saturated rings. The van der Waals surface area contributed by atoms with Gasteiger partial charge in [0.15, 0.2) is 0 Å². The van der Waals surface area contributed by atoms with Gasteiger partial charge in [0, 0.05) is 51.5 Å². The number of likely N-dealkylation sites (tertiary alicyclic amines) is 3. The normalized spacial score (nSPS) is 28.4. The summed E-state index contributed by atoms with van der Waals surface area (Å²) in [6, 6.07) is 1.98. The summed E-state index contributed by atoms with van der Waals surface area (Å²) in [5, 5.41) is 4.20. The number of amides is 2. The Hall–Kier alpha value is -1.89. The van der Waals surface area contributed by atoms with Crippen LogP contribution in [0.15, 0.2) is 12.3 Å². The van der Waals surface area contributed by atoms with Crippen LogP contribution >= 0.6 is 0 Å². The van der Waals surface area contributed by atoms with E-state index in [1.807, 2.05) is 22.7 Å². The molecule has 7 heteroatoms. The van der Waals surface area contributed by atoms with Crippen molar-refractivity contribution in [3.8, 4) is 0 Å². The largest absolute Gasteiger partial charge is 0.342 e. The van der Waals surface area contributed by atoms with Crippen molar-refractivity contribution in [2.45, 2.75) is 51.0 Å². The maximum absolute atomic E-state index is 13.6. The molecular weight excluding hydrogens is 354 g/mol. The fraction of sp³-hybridized carbons (Fsp3) is 0.762. The molecule has 0 radical (unpaired) electrons. The van der Waals surface area contributed by atoms with Gasteiger partial charge in [0.25, 0.3) is 0 Å². The second-order valence-corrected chi connectivity index (χ2v) is 8.82. The van der Waals surface area contributed by atoms with Gasteiger partial charge in [-0.05, 0) is 58.2 Å². The van der Waals surface area contributed by atoms with E-state index in [-0.39, 0.29) is 17.4 Å². The van der Waals surface area contributed by atoms with E-state index in [0.717, 1.165) is 70.5 Å². The molecule has 0 spiro atoms. The first-order valence-electron chi connectivity index (χ1n) is 10.8. The van der Waals surface area contributed by atoms with Crippen LogP contribution in [0.5, 0.6) is 0 Å². The van der Waals surface area contributed by atoms with E-state index in [4.69, 9.17) is 0 Å². The van der Waals surface area contributed by atoms with Crippen molar-refractivity contribution in [2.75, 3.05) is 39.8 Å². The molecule has 2 atom stereocenters. The van der Waals surface area contributed by atoms with Gasteiger partial charge in [-0.1, -0.05) is 0 Å². The first kappa shape index (κ1) is 19.4.